The lowest BCUT2D eigenvalue weighted by molar-refractivity contribution is -0.179. The van der Waals surface area contributed by atoms with Crippen LogP contribution in [0.25, 0.3) is 0 Å². The van der Waals surface area contributed by atoms with E-state index in [0.29, 0.717) is 12.1 Å². The van der Waals surface area contributed by atoms with E-state index in [2.05, 4.69) is 12.8 Å². The molecule has 0 aromatic heterocycles. The maximum absolute atomic E-state index is 11.6. The molecule has 1 aromatic rings. The molecule has 7 heteroatoms. The number of aliphatic carboxylic acids is 1. The van der Waals surface area contributed by atoms with Gasteiger partial charge in [0.2, 0.25) is 0 Å². The fourth-order valence-electron chi connectivity index (χ4n) is 1.60. The van der Waals surface area contributed by atoms with E-state index in [1.807, 2.05) is 0 Å². The van der Waals surface area contributed by atoms with Crippen LogP contribution >= 0.6 is 12.8 Å². The minimum Gasteiger partial charge on any atom is -0.479 e. The Bertz CT molecular complexity index is 467. The topological polar surface area (TPSA) is 87.1 Å². The predicted octanol–water partition coefficient (Wildman–Crippen LogP) is 1.06. The van der Waals surface area contributed by atoms with Crippen LogP contribution in [0.1, 0.15) is 18.9 Å². The van der Waals surface area contributed by atoms with Crippen molar-refractivity contribution in [2.45, 2.75) is 25.4 Å². The number of aliphatic hydroxyl groups is 1. The standard InChI is InChI=1S/C13H17NO5S/c1-2-14(20)19-11(15)9-13(18,12(16)17)8-10-6-4-3-5-7-10/h3-7,18,20H,2,8-9H2,1H3,(H,16,17). The van der Waals surface area contributed by atoms with Gasteiger partial charge >= 0.3 is 11.9 Å². The largest absolute Gasteiger partial charge is 0.479 e. The van der Waals surface area contributed by atoms with Crippen LogP contribution in [0.5, 0.6) is 0 Å². The van der Waals surface area contributed by atoms with Gasteiger partial charge in [0.25, 0.3) is 0 Å². The maximum Gasteiger partial charge on any atom is 0.336 e. The minimum absolute atomic E-state index is 0.184. The van der Waals surface area contributed by atoms with Crippen LogP contribution in [0.4, 0.5) is 0 Å². The lowest BCUT2D eigenvalue weighted by Gasteiger charge is -2.23. The Hall–Kier alpha value is -1.57. The summed E-state index contributed by atoms with van der Waals surface area (Å²) in [5.74, 6) is -2.33. The summed E-state index contributed by atoms with van der Waals surface area (Å²) in [4.78, 5) is 27.5. The summed E-state index contributed by atoms with van der Waals surface area (Å²) in [6, 6.07) is 8.58. The normalized spacial score (nSPS) is 13.8. The second-order valence-electron chi connectivity index (χ2n) is 4.31. The number of hydrogen-bond acceptors (Lipinski definition) is 6. The van der Waals surface area contributed by atoms with Crippen LogP contribution in [0.3, 0.4) is 0 Å². The van der Waals surface area contributed by atoms with Crippen LogP contribution in [0.2, 0.25) is 0 Å². The first kappa shape index (κ1) is 16.5. The Morgan fingerprint density at radius 3 is 2.45 bits per heavy atom. The summed E-state index contributed by atoms with van der Waals surface area (Å²) >= 11 is 3.83. The number of nitrogens with zero attached hydrogens (tertiary/aromatic N) is 1. The molecule has 0 saturated carbocycles. The molecular formula is C13H17NO5S. The molecule has 0 aliphatic rings. The second-order valence-corrected chi connectivity index (χ2v) is 4.75. The van der Waals surface area contributed by atoms with Gasteiger partial charge in [0, 0.05) is 13.0 Å². The van der Waals surface area contributed by atoms with Crippen molar-refractivity contribution in [3.8, 4) is 0 Å². The average molecular weight is 299 g/mol. The minimum atomic E-state index is -2.21. The van der Waals surface area contributed by atoms with Gasteiger partial charge in [0.15, 0.2) is 5.60 Å². The van der Waals surface area contributed by atoms with Crippen LogP contribution in [0, 0.1) is 0 Å². The van der Waals surface area contributed by atoms with Crippen molar-refractivity contribution in [1.29, 1.82) is 0 Å². The number of rotatable bonds is 7. The molecule has 6 nitrogen and oxygen atoms in total. The number of carbonyl (C=O) groups excluding carboxylic acids is 1. The fourth-order valence-corrected chi connectivity index (χ4v) is 1.69. The van der Waals surface area contributed by atoms with E-state index >= 15 is 0 Å². The lowest BCUT2D eigenvalue weighted by atomic mass is 9.91. The molecular weight excluding hydrogens is 282 g/mol. The molecule has 1 unspecified atom stereocenters. The van der Waals surface area contributed by atoms with Crippen molar-refractivity contribution in [3.05, 3.63) is 35.9 Å². The summed E-state index contributed by atoms with van der Waals surface area (Å²) in [5, 5.41) is 19.3. The number of carboxylic acid groups (broad SMARTS) is 1. The quantitative estimate of drug-likeness (QED) is 0.515. The van der Waals surface area contributed by atoms with Crippen molar-refractivity contribution in [2.75, 3.05) is 6.54 Å². The Balaban J connectivity index is 2.77. The highest BCUT2D eigenvalue weighted by molar-refractivity contribution is 7.77. The van der Waals surface area contributed by atoms with E-state index in [9.17, 15) is 14.7 Å². The highest BCUT2D eigenvalue weighted by atomic mass is 32.1. The molecule has 0 bridgehead atoms. The first-order valence-electron chi connectivity index (χ1n) is 6.04. The summed E-state index contributed by atoms with van der Waals surface area (Å²) in [6.45, 7) is 2.03. The third-order valence-electron chi connectivity index (χ3n) is 2.65. The fraction of sp³-hybridized carbons (Fsp3) is 0.385. The third-order valence-corrected chi connectivity index (χ3v) is 3.02. The van der Waals surface area contributed by atoms with Gasteiger partial charge in [-0.15, -0.1) is 0 Å². The smallest absolute Gasteiger partial charge is 0.336 e. The van der Waals surface area contributed by atoms with Gasteiger partial charge in [0.1, 0.15) is 0 Å². The van der Waals surface area contributed by atoms with E-state index < -0.39 is 24.0 Å². The molecule has 0 aliphatic carbocycles. The number of carboxylic acids is 1. The summed E-state index contributed by atoms with van der Waals surface area (Å²) in [6.07, 6.45) is -0.842. The number of benzene rings is 1. The molecule has 0 fully saturated rings. The molecule has 0 aliphatic heterocycles. The van der Waals surface area contributed by atoms with Crippen molar-refractivity contribution >= 4 is 24.8 Å². The first-order chi connectivity index (χ1) is 9.37. The van der Waals surface area contributed by atoms with Gasteiger partial charge in [-0.1, -0.05) is 47.6 Å². The molecule has 0 heterocycles. The molecule has 1 rings (SSSR count). The Kier molecular flexibility index (Phi) is 6.00. The number of carbonyl (C=O) groups is 2. The summed E-state index contributed by atoms with van der Waals surface area (Å²) < 4.78 is 0.965. The zero-order chi connectivity index (χ0) is 15.2. The Labute approximate surface area is 122 Å². The Morgan fingerprint density at radius 1 is 1.35 bits per heavy atom. The molecule has 110 valence electrons. The zero-order valence-electron chi connectivity index (χ0n) is 11.0. The van der Waals surface area contributed by atoms with Crippen molar-refractivity contribution < 1.29 is 24.6 Å². The van der Waals surface area contributed by atoms with Crippen LogP contribution in [0.15, 0.2) is 30.3 Å². The van der Waals surface area contributed by atoms with Gasteiger partial charge in [-0.25, -0.2) is 4.79 Å². The van der Waals surface area contributed by atoms with E-state index in [-0.39, 0.29) is 6.42 Å². The first-order valence-corrected chi connectivity index (χ1v) is 6.44. The SMILES string of the molecule is CCN(S)OC(=O)CC(O)(Cc1ccccc1)C(=O)O. The van der Waals surface area contributed by atoms with Gasteiger partial charge in [0.05, 0.1) is 6.42 Å². The molecule has 0 spiro atoms. The van der Waals surface area contributed by atoms with Gasteiger partial charge in [-0.3, -0.25) is 4.79 Å². The van der Waals surface area contributed by atoms with E-state index in [1.54, 1.807) is 37.3 Å². The lowest BCUT2D eigenvalue weighted by Crippen LogP contribution is -2.43. The molecule has 0 saturated heterocycles. The van der Waals surface area contributed by atoms with Crippen LogP contribution in [-0.4, -0.2) is 38.8 Å². The van der Waals surface area contributed by atoms with Gasteiger partial charge < -0.3 is 15.1 Å². The molecule has 1 atom stereocenters. The summed E-state index contributed by atoms with van der Waals surface area (Å²) in [7, 11) is 0. The van der Waals surface area contributed by atoms with Crippen molar-refractivity contribution in [1.82, 2.24) is 4.47 Å². The average Bonchev–Trinajstić information content (AvgIpc) is 2.39. The second kappa shape index (κ2) is 7.28. The van der Waals surface area contributed by atoms with Gasteiger partial charge in [-0.05, 0) is 12.5 Å². The molecule has 2 N–H and O–H groups in total. The van der Waals surface area contributed by atoms with Crippen molar-refractivity contribution in [2.24, 2.45) is 0 Å². The molecule has 20 heavy (non-hydrogen) atoms. The monoisotopic (exact) mass is 299 g/mol. The van der Waals surface area contributed by atoms with Crippen LogP contribution < -0.4 is 0 Å². The van der Waals surface area contributed by atoms with E-state index in [0.717, 1.165) is 4.47 Å². The van der Waals surface area contributed by atoms with E-state index in [1.165, 1.54) is 0 Å². The van der Waals surface area contributed by atoms with E-state index in [4.69, 9.17) is 9.94 Å². The summed E-state index contributed by atoms with van der Waals surface area (Å²) in [5.41, 5.74) is -1.59. The highest BCUT2D eigenvalue weighted by Gasteiger charge is 2.39. The maximum atomic E-state index is 11.6. The number of thiol groups is 1. The van der Waals surface area contributed by atoms with Crippen LogP contribution in [-0.2, 0) is 20.8 Å². The number of hydrogen-bond donors (Lipinski definition) is 3. The number of hydroxylamine groups is 1. The predicted molar refractivity (Wildman–Crippen MR) is 74.8 cm³/mol. The van der Waals surface area contributed by atoms with Crippen molar-refractivity contribution in [3.63, 3.8) is 0 Å². The zero-order valence-corrected chi connectivity index (χ0v) is 11.9. The molecule has 0 amide bonds. The molecule has 0 radical (unpaired) electrons. The third kappa shape index (κ3) is 4.84. The molecule has 1 aromatic carbocycles. The van der Waals surface area contributed by atoms with Gasteiger partial charge in [-0.2, -0.15) is 0 Å². The Morgan fingerprint density at radius 2 is 1.95 bits per heavy atom. The highest BCUT2D eigenvalue weighted by Crippen LogP contribution is 2.19.